The van der Waals surface area contributed by atoms with Crippen molar-refractivity contribution in [2.45, 2.75) is 6.92 Å². The standard InChI is InChI=1S/C23H18ClFN4O2/c1-2-31-18-13-11-17(12-14-18)29-22(15-7-9-16(25)10-8-15)27-21(28-29)23(30)26-20-6-4-3-5-19(20)24/h3-14H,2H2,1H3,(H,26,30). The van der Waals surface area contributed by atoms with Gasteiger partial charge in [0.15, 0.2) is 5.82 Å². The van der Waals surface area contributed by atoms with Crippen LogP contribution in [-0.4, -0.2) is 27.3 Å². The van der Waals surface area contributed by atoms with E-state index in [0.29, 0.717) is 40.1 Å². The summed E-state index contributed by atoms with van der Waals surface area (Å²) in [6.07, 6.45) is 0. The van der Waals surface area contributed by atoms with E-state index < -0.39 is 5.91 Å². The quantitative estimate of drug-likeness (QED) is 0.440. The third-order valence-corrected chi connectivity index (χ3v) is 4.76. The number of nitrogens with zero attached hydrogens (tertiary/aromatic N) is 3. The number of benzene rings is 3. The molecule has 0 aliphatic carbocycles. The summed E-state index contributed by atoms with van der Waals surface area (Å²) >= 11 is 6.13. The number of anilines is 1. The van der Waals surface area contributed by atoms with Crippen molar-refractivity contribution in [1.82, 2.24) is 14.8 Å². The lowest BCUT2D eigenvalue weighted by Gasteiger charge is -2.08. The Bertz CT molecular complexity index is 1210. The highest BCUT2D eigenvalue weighted by Gasteiger charge is 2.20. The molecule has 0 atom stereocenters. The summed E-state index contributed by atoms with van der Waals surface area (Å²) in [6.45, 7) is 2.46. The summed E-state index contributed by atoms with van der Waals surface area (Å²) in [6, 6.07) is 19.9. The summed E-state index contributed by atoms with van der Waals surface area (Å²) in [5.41, 5.74) is 1.74. The van der Waals surface area contributed by atoms with E-state index in [-0.39, 0.29) is 11.6 Å². The Morgan fingerprint density at radius 3 is 2.45 bits per heavy atom. The second-order valence-corrected chi connectivity index (χ2v) is 6.95. The SMILES string of the molecule is CCOc1ccc(-n2nc(C(=O)Nc3ccccc3Cl)nc2-c2ccc(F)cc2)cc1. The Kier molecular flexibility index (Phi) is 5.95. The van der Waals surface area contributed by atoms with Gasteiger partial charge in [0.25, 0.3) is 5.91 Å². The number of para-hydroxylation sites is 1. The lowest BCUT2D eigenvalue weighted by atomic mass is 10.2. The van der Waals surface area contributed by atoms with Crippen molar-refractivity contribution in [3.63, 3.8) is 0 Å². The van der Waals surface area contributed by atoms with Crippen LogP contribution in [0, 0.1) is 5.82 Å². The molecule has 0 aliphatic rings. The first-order valence-corrected chi connectivity index (χ1v) is 9.95. The Morgan fingerprint density at radius 2 is 1.77 bits per heavy atom. The van der Waals surface area contributed by atoms with Crippen LogP contribution in [0.1, 0.15) is 17.5 Å². The van der Waals surface area contributed by atoms with Crippen molar-refractivity contribution in [3.05, 3.63) is 89.5 Å². The van der Waals surface area contributed by atoms with Gasteiger partial charge in [-0.2, -0.15) is 0 Å². The number of halogens is 2. The smallest absolute Gasteiger partial charge is 0.295 e. The Morgan fingerprint density at radius 1 is 1.06 bits per heavy atom. The van der Waals surface area contributed by atoms with Crippen LogP contribution in [0.15, 0.2) is 72.8 Å². The van der Waals surface area contributed by atoms with Gasteiger partial charge in [-0.25, -0.2) is 14.1 Å². The van der Waals surface area contributed by atoms with Gasteiger partial charge in [-0.05, 0) is 67.6 Å². The van der Waals surface area contributed by atoms with Crippen LogP contribution in [0.2, 0.25) is 5.02 Å². The van der Waals surface area contributed by atoms with Crippen LogP contribution in [0.25, 0.3) is 17.1 Å². The highest BCUT2D eigenvalue weighted by molar-refractivity contribution is 6.33. The largest absolute Gasteiger partial charge is 0.494 e. The predicted molar refractivity (Wildman–Crippen MR) is 117 cm³/mol. The van der Waals surface area contributed by atoms with Crippen molar-refractivity contribution >= 4 is 23.2 Å². The molecule has 0 aliphatic heterocycles. The Labute approximate surface area is 183 Å². The summed E-state index contributed by atoms with van der Waals surface area (Å²) in [7, 11) is 0. The molecule has 0 spiro atoms. The number of rotatable bonds is 6. The number of hydrogen-bond acceptors (Lipinski definition) is 4. The zero-order valence-corrected chi connectivity index (χ0v) is 17.3. The van der Waals surface area contributed by atoms with Crippen molar-refractivity contribution in [1.29, 1.82) is 0 Å². The van der Waals surface area contributed by atoms with Gasteiger partial charge in [-0.3, -0.25) is 4.79 Å². The molecule has 4 rings (SSSR count). The number of ether oxygens (including phenoxy) is 1. The average molecular weight is 437 g/mol. The molecule has 4 aromatic rings. The molecule has 156 valence electrons. The fourth-order valence-corrected chi connectivity index (χ4v) is 3.15. The first-order chi connectivity index (χ1) is 15.0. The number of aromatic nitrogens is 3. The minimum Gasteiger partial charge on any atom is -0.494 e. The van der Waals surface area contributed by atoms with Crippen LogP contribution >= 0.6 is 11.6 Å². The lowest BCUT2D eigenvalue weighted by molar-refractivity contribution is 0.101. The molecule has 31 heavy (non-hydrogen) atoms. The molecule has 0 unspecified atom stereocenters. The minimum absolute atomic E-state index is 0.0480. The number of hydrogen-bond donors (Lipinski definition) is 1. The van der Waals surface area contributed by atoms with Crippen LogP contribution in [-0.2, 0) is 0 Å². The fraction of sp³-hybridized carbons (Fsp3) is 0.0870. The van der Waals surface area contributed by atoms with Gasteiger partial charge >= 0.3 is 0 Å². The topological polar surface area (TPSA) is 69.0 Å². The fourth-order valence-electron chi connectivity index (χ4n) is 2.97. The molecule has 3 aromatic carbocycles. The summed E-state index contributed by atoms with van der Waals surface area (Å²) in [5.74, 6) is 0.182. The van der Waals surface area contributed by atoms with Crippen molar-refractivity contribution < 1.29 is 13.9 Å². The molecule has 1 heterocycles. The van der Waals surface area contributed by atoms with E-state index in [1.54, 1.807) is 48.5 Å². The van der Waals surface area contributed by atoms with Crippen molar-refractivity contribution in [2.75, 3.05) is 11.9 Å². The molecule has 0 radical (unpaired) electrons. The molecule has 1 aromatic heterocycles. The van der Waals surface area contributed by atoms with Gasteiger partial charge in [-0.1, -0.05) is 23.7 Å². The first kappa shape index (κ1) is 20.6. The third kappa shape index (κ3) is 4.57. The van der Waals surface area contributed by atoms with Gasteiger partial charge < -0.3 is 10.1 Å². The molecule has 1 N–H and O–H groups in total. The maximum Gasteiger partial charge on any atom is 0.295 e. The molecule has 0 fully saturated rings. The second kappa shape index (κ2) is 8.97. The zero-order chi connectivity index (χ0) is 21.8. The molecule has 0 saturated heterocycles. The number of carbonyl (C=O) groups excluding carboxylic acids is 1. The van der Waals surface area contributed by atoms with E-state index in [4.69, 9.17) is 16.3 Å². The number of nitrogens with one attached hydrogen (secondary N) is 1. The van der Waals surface area contributed by atoms with Crippen molar-refractivity contribution in [2.24, 2.45) is 0 Å². The van der Waals surface area contributed by atoms with E-state index in [1.165, 1.54) is 16.8 Å². The van der Waals surface area contributed by atoms with Crippen LogP contribution < -0.4 is 10.1 Å². The summed E-state index contributed by atoms with van der Waals surface area (Å²) in [5, 5.41) is 7.52. The molecular weight excluding hydrogens is 419 g/mol. The predicted octanol–water partition coefficient (Wildman–Crippen LogP) is 5.38. The molecular formula is C23H18ClFN4O2. The van der Waals surface area contributed by atoms with E-state index in [2.05, 4.69) is 15.4 Å². The average Bonchev–Trinajstić information content (AvgIpc) is 3.22. The van der Waals surface area contributed by atoms with Gasteiger partial charge in [0.1, 0.15) is 11.6 Å². The van der Waals surface area contributed by atoms with Gasteiger partial charge in [0.2, 0.25) is 5.82 Å². The number of carbonyl (C=O) groups is 1. The van der Waals surface area contributed by atoms with Crippen LogP contribution in [0.3, 0.4) is 0 Å². The van der Waals surface area contributed by atoms with Crippen molar-refractivity contribution in [3.8, 4) is 22.8 Å². The molecule has 1 amide bonds. The minimum atomic E-state index is -0.513. The van der Waals surface area contributed by atoms with E-state index in [1.807, 2.05) is 19.1 Å². The monoisotopic (exact) mass is 436 g/mol. The lowest BCUT2D eigenvalue weighted by Crippen LogP contribution is -2.14. The molecule has 0 saturated carbocycles. The normalized spacial score (nSPS) is 10.7. The maximum atomic E-state index is 13.4. The third-order valence-electron chi connectivity index (χ3n) is 4.43. The molecule has 8 heteroatoms. The maximum absolute atomic E-state index is 13.4. The van der Waals surface area contributed by atoms with Gasteiger partial charge in [-0.15, -0.1) is 5.10 Å². The van der Waals surface area contributed by atoms with Gasteiger partial charge in [0, 0.05) is 5.56 Å². The summed E-state index contributed by atoms with van der Waals surface area (Å²) < 4.78 is 20.4. The molecule has 6 nitrogen and oxygen atoms in total. The highest BCUT2D eigenvalue weighted by atomic mass is 35.5. The highest BCUT2D eigenvalue weighted by Crippen LogP contribution is 2.25. The number of amides is 1. The van der Waals surface area contributed by atoms with Crippen LogP contribution in [0.4, 0.5) is 10.1 Å². The first-order valence-electron chi connectivity index (χ1n) is 9.57. The van der Waals surface area contributed by atoms with E-state index in [0.717, 1.165) is 0 Å². The van der Waals surface area contributed by atoms with E-state index in [9.17, 15) is 9.18 Å². The summed E-state index contributed by atoms with van der Waals surface area (Å²) in [4.78, 5) is 17.2. The Balaban J connectivity index is 1.73. The Hall–Kier alpha value is -3.71. The van der Waals surface area contributed by atoms with Gasteiger partial charge in [0.05, 0.1) is 23.0 Å². The van der Waals surface area contributed by atoms with Crippen LogP contribution in [0.5, 0.6) is 5.75 Å². The van der Waals surface area contributed by atoms with E-state index >= 15 is 0 Å². The zero-order valence-electron chi connectivity index (χ0n) is 16.5. The second-order valence-electron chi connectivity index (χ2n) is 6.54. The molecule has 0 bridgehead atoms.